The lowest BCUT2D eigenvalue weighted by molar-refractivity contribution is -0.146. The molecular weight excluding hydrogens is 1410 g/mol. The predicted molar refractivity (Wildman–Crippen MR) is 428 cm³/mol. The number of benzene rings is 1. The Labute approximate surface area is 627 Å². The van der Waals surface area contributed by atoms with Gasteiger partial charge in [0.2, 0.25) is 37.9 Å². The maximum atomic E-state index is 16.7. The maximum absolute atomic E-state index is 16.7. The van der Waals surface area contributed by atoms with E-state index in [-0.39, 0.29) is 46.1 Å². The van der Waals surface area contributed by atoms with Crippen molar-refractivity contribution in [1.29, 1.82) is 0 Å². The summed E-state index contributed by atoms with van der Waals surface area (Å²) < 4.78 is 48.5. The van der Waals surface area contributed by atoms with E-state index in [1.807, 2.05) is 44.3 Å². The Bertz CT molecular complexity index is 3190. The van der Waals surface area contributed by atoms with Crippen molar-refractivity contribution in [2.45, 2.75) is 360 Å². The summed E-state index contributed by atoms with van der Waals surface area (Å²) in [7, 11) is -16.4. The number of amides is 7. The van der Waals surface area contributed by atoms with Crippen molar-refractivity contribution in [2.75, 3.05) is 19.6 Å². The second-order valence-electron chi connectivity index (χ2n) is 39.7. The van der Waals surface area contributed by atoms with Crippen LogP contribution in [-0.2, 0) is 62.1 Å². The quantitative estimate of drug-likeness (QED) is 0.0745. The smallest absolute Gasteiger partial charge is 0.408 e. The Morgan fingerprint density at radius 2 is 0.961 bits per heavy atom. The number of hydrogen-bond donors (Lipinski definition) is 6. The van der Waals surface area contributed by atoms with Crippen LogP contribution in [0.1, 0.15) is 178 Å². The van der Waals surface area contributed by atoms with Crippen molar-refractivity contribution < 1.29 is 64.9 Å². The first kappa shape index (κ1) is 91.1. The molecule has 103 heavy (non-hydrogen) atoms. The minimum atomic E-state index is -2.99. The number of carbonyl (C=O) groups is 7. The Balaban J connectivity index is 2.28. The van der Waals surface area contributed by atoms with Crippen LogP contribution in [0.15, 0.2) is 29.3 Å². The van der Waals surface area contributed by atoms with Gasteiger partial charge in [0.25, 0.3) is 5.91 Å². The first-order valence-electron chi connectivity index (χ1n) is 37.3. The summed E-state index contributed by atoms with van der Waals surface area (Å²) in [6, 6.07) is -1.32. The van der Waals surface area contributed by atoms with Crippen molar-refractivity contribution in [2.24, 2.45) is 16.6 Å². The molecule has 2 unspecified atom stereocenters. The Morgan fingerprint density at radius 1 is 0.544 bits per heavy atom. The van der Waals surface area contributed by atoms with E-state index in [0.29, 0.717) is 5.75 Å². The number of rotatable bonds is 18. The number of nitrogens with two attached hydrogens (primary N) is 1. The van der Waals surface area contributed by atoms with Crippen LogP contribution in [0, 0.1) is 5.92 Å². The number of carbonyl (C=O) groups excluding carboxylic acids is 7. The SMILES string of the molecule is CC(O[Si](C)(C)C(C)(C)C)[C@@H]1NC(=O)[C@H]([C@@H](Cc2ccc(O[Si](C)(C)C(C)(C)C)cc2)O[Si](C)(C)C(C)(C)C)NC(=O)[C@@H]2C[C@@H](O[Si](C)(C)C(C)(C)C)CN2C(=O)[C@H](C(C)O[Si](C)(C)C(C)(C)C)NC(=O)[C@@H](NC(=O)OC(C)(C)C)CN=C(N)NC(=O)[C@@H]2[C@@H](O[Si](C)(C)C(C)(C)C)[C@@H](C)CN2C1=O. The van der Waals surface area contributed by atoms with Gasteiger partial charge in [-0.25, -0.2) is 4.79 Å². The van der Waals surface area contributed by atoms with Crippen molar-refractivity contribution in [3.05, 3.63) is 29.8 Å². The van der Waals surface area contributed by atoms with E-state index in [1.54, 1.807) is 34.6 Å². The molecule has 0 aromatic heterocycles. The highest BCUT2D eigenvalue weighted by Gasteiger charge is 2.56. The van der Waals surface area contributed by atoms with E-state index in [9.17, 15) is 4.79 Å². The number of guanidine groups is 1. The number of aliphatic imine (C=N–C) groups is 1. The Kier molecular flexibility index (Phi) is 28.7. The topological polar surface area (TPSA) is 289 Å². The van der Waals surface area contributed by atoms with E-state index in [0.717, 1.165) is 5.56 Å². The molecule has 0 spiro atoms. The standard InChI is InChI=1S/C74H141N9O14Si6/c1-46-44-83-58(59(46)97-103(35,36)74(22,23)24)63(87)81-66(75)76-43-52(77-67(90)91-68(4,5)6)60(84)78-55(47(2)92-98(25,26)69(7,8)9)64(88)82-45-51(95-101(31,32)72(16,17)18)42-53(82)61(85)80-57(62(86)79-56(65(83)89)48(3)93-99(27,28)70(10,11)12)54(96-102(33,34)73(19,20)21)41-49-37-39-50(40-38-49)94-100(29,30)71(13,14)15/h37-40,46-48,51-59H,41-45H2,1-36H3,(H,77,90)(H,78,84)(H,79,86)(H,80,85)(H3,75,76,81,87)/t46-,47?,48?,51+,52-,53-,54+,55-,56-,57-,58-,59-/m0/s1. The summed E-state index contributed by atoms with van der Waals surface area (Å²) in [6.45, 7) is 72.3. The van der Waals surface area contributed by atoms with Crippen LogP contribution in [0.25, 0.3) is 0 Å². The first-order chi connectivity index (χ1) is 46.0. The fraction of sp³-hybridized carbons (Fsp3) is 0.811. The van der Waals surface area contributed by atoms with E-state index < -0.39 is 192 Å². The molecular formula is C74H141N9O14Si6. The molecule has 3 aliphatic heterocycles. The number of nitrogens with zero attached hydrogens (tertiary/aromatic N) is 3. The minimum Gasteiger partial charge on any atom is -0.544 e. The summed E-state index contributed by atoms with van der Waals surface area (Å²) in [4.78, 5) is 118. The molecule has 1 aromatic rings. The molecule has 29 heteroatoms. The summed E-state index contributed by atoms with van der Waals surface area (Å²) in [5.41, 5.74) is 6.47. The van der Waals surface area contributed by atoms with Crippen molar-refractivity contribution in [1.82, 2.24) is 36.4 Å². The summed E-state index contributed by atoms with van der Waals surface area (Å²) in [5.74, 6) is -4.83. The molecule has 0 aliphatic carbocycles. The van der Waals surface area contributed by atoms with Crippen LogP contribution in [0.5, 0.6) is 5.75 Å². The zero-order valence-electron chi connectivity index (χ0n) is 70.4. The van der Waals surface area contributed by atoms with E-state index >= 15 is 28.8 Å². The van der Waals surface area contributed by atoms with Crippen molar-refractivity contribution in [3.8, 4) is 5.75 Å². The van der Waals surface area contributed by atoms with Gasteiger partial charge in [-0.15, -0.1) is 0 Å². The molecule has 2 fully saturated rings. The molecule has 0 saturated carbocycles. The molecule has 23 nitrogen and oxygen atoms in total. The van der Waals surface area contributed by atoms with Crippen LogP contribution in [0.4, 0.5) is 4.79 Å². The van der Waals surface area contributed by atoms with Gasteiger partial charge in [-0.3, -0.25) is 39.1 Å². The lowest BCUT2D eigenvalue weighted by Gasteiger charge is -2.43. The van der Waals surface area contributed by atoms with Gasteiger partial charge >= 0.3 is 6.09 Å². The first-order valence-corrected chi connectivity index (χ1v) is 54.7. The van der Waals surface area contributed by atoms with Crippen molar-refractivity contribution in [3.63, 3.8) is 0 Å². The Morgan fingerprint density at radius 3 is 1.41 bits per heavy atom. The molecule has 2 saturated heterocycles. The highest BCUT2D eigenvalue weighted by molar-refractivity contribution is 6.76. The summed E-state index contributed by atoms with van der Waals surface area (Å²) in [5, 5.41) is 12.8. The van der Waals surface area contributed by atoms with Crippen LogP contribution in [0.2, 0.25) is 109 Å². The third kappa shape index (κ3) is 23.4. The van der Waals surface area contributed by atoms with Crippen LogP contribution >= 0.6 is 0 Å². The van der Waals surface area contributed by atoms with Gasteiger partial charge in [-0.1, -0.05) is 144 Å². The number of fused-ring (bicyclic) bond motifs is 2. The van der Waals surface area contributed by atoms with Crippen LogP contribution < -0.4 is 36.7 Å². The van der Waals surface area contributed by atoms with Gasteiger partial charge in [-0.05, 0) is 168 Å². The van der Waals surface area contributed by atoms with Gasteiger partial charge in [0.1, 0.15) is 47.6 Å². The Hall–Kier alpha value is -4.32. The van der Waals surface area contributed by atoms with E-state index in [1.165, 1.54) is 9.80 Å². The average Bonchev–Trinajstić information content (AvgIpc) is 1.63. The largest absolute Gasteiger partial charge is 0.544 e. The van der Waals surface area contributed by atoms with Gasteiger partial charge in [0, 0.05) is 25.4 Å². The van der Waals surface area contributed by atoms with Gasteiger partial charge < -0.3 is 68.1 Å². The molecule has 590 valence electrons. The number of alkyl carbamates (subject to hydrolysis) is 1. The molecule has 7 amide bonds. The van der Waals surface area contributed by atoms with E-state index in [4.69, 9.17) is 37.0 Å². The predicted octanol–water partition coefficient (Wildman–Crippen LogP) is 12.8. The third-order valence-electron chi connectivity index (χ3n) is 23.7. The maximum Gasteiger partial charge on any atom is 0.408 e. The van der Waals surface area contributed by atoms with Gasteiger partial charge in [-0.2, -0.15) is 0 Å². The van der Waals surface area contributed by atoms with Gasteiger partial charge in [0.15, 0.2) is 47.5 Å². The van der Waals surface area contributed by atoms with Crippen molar-refractivity contribution >= 4 is 97.4 Å². The second-order valence-corrected chi connectivity index (χ2v) is 68.2. The van der Waals surface area contributed by atoms with E-state index in [2.05, 4.69) is 222 Å². The summed E-state index contributed by atoms with van der Waals surface area (Å²) >= 11 is 0. The summed E-state index contributed by atoms with van der Waals surface area (Å²) in [6.07, 6.45) is -5.86. The number of hydrogen-bond acceptors (Lipinski definition) is 16. The van der Waals surface area contributed by atoms with Gasteiger partial charge in [0.05, 0.1) is 37.1 Å². The van der Waals surface area contributed by atoms with Crippen LogP contribution in [0.3, 0.4) is 0 Å². The zero-order chi connectivity index (χ0) is 79.9. The van der Waals surface area contributed by atoms with Crippen LogP contribution in [-0.4, -0.2) is 199 Å². The molecule has 4 rings (SSSR count). The molecule has 7 N–H and O–H groups in total. The molecule has 12 atom stereocenters. The highest BCUT2D eigenvalue weighted by Crippen LogP contribution is 2.45. The lowest BCUT2D eigenvalue weighted by atomic mass is 9.99. The molecule has 3 aliphatic rings. The fourth-order valence-corrected chi connectivity index (χ4v) is 19.0. The zero-order valence-corrected chi connectivity index (χ0v) is 76.4. The monoisotopic (exact) mass is 1550 g/mol. The average molecular weight is 1550 g/mol. The fourth-order valence-electron chi connectivity index (χ4n) is 11.0. The highest BCUT2D eigenvalue weighted by atomic mass is 28.4. The molecule has 0 radical (unpaired) electrons. The minimum absolute atomic E-state index is 0.0106. The molecule has 0 bridgehead atoms. The second kappa shape index (κ2) is 32.5. The lowest BCUT2D eigenvalue weighted by Crippen LogP contribution is -2.66. The third-order valence-corrected chi connectivity index (χ3v) is 50.7. The number of nitrogens with one attached hydrogen (secondary N) is 5. The molecule has 1 aromatic carbocycles. The number of ether oxygens (including phenoxy) is 1. The normalized spacial score (nSPS) is 24.9. The molecule has 3 heterocycles.